The summed E-state index contributed by atoms with van der Waals surface area (Å²) in [5.74, 6) is -0.288. The molecule has 0 aromatic heterocycles. The zero-order valence-corrected chi connectivity index (χ0v) is 10.9. The van der Waals surface area contributed by atoms with Crippen LogP contribution in [0.4, 0.5) is 0 Å². The van der Waals surface area contributed by atoms with Gasteiger partial charge in [-0.15, -0.1) is 0 Å². The number of carbonyl (C=O) groups excluding carboxylic acids is 1. The van der Waals surface area contributed by atoms with E-state index in [9.17, 15) is 4.79 Å². The van der Waals surface area contributed by atoms with E-state index in [1.165, 1.54) is 5.56 Å². The maximum atomic E-state index is 12.0. The number of aryl methyl sites for hydroxylation is 1. The molecule has 2 unspecified atom stereocenters. The minimum Gasteiger partial charge on any atom is -0.457 e. The van der Waals surface area contributed by atoms with Gasteiger partial charge in [-0.25, -0.2) is 0 Å². The van der Waals surface area contributed by atoms with E-state index in [0.29, 0.717) is 6.54 Å². The van der Waals surface area contributed by atoms with Gasteiger partial charge in [-0.1, -0.05) is 37.6 Å². The molecule has 3 nitrogen and oxygen atoms in total. The van der Waals surface area contributed by atoms with Crippen molar-refractivity contribution in [3.05, 3.63) is 35.4 Å². The molecule has 2 atom stereocenters. The van der Waals surface area contributed by atoms with E-state index in [1.807, 2.05) is 12.1 Å². The zero-order valence-electron chi connectivity index (χ0n) is 10.9. The Kier molecular flexibility index (Phi) is 4.37. The number of benzene rings is 1. The third-order valence-electron chi connectivity index (χ3n) is 3.59. The van der Waals surface area contributed by atoms with Crippen LogP contribution in [0.2, 0.25) is 0 Å². The van der Waals surface area contributed by atoms with Crippen molar-refractivity contribution in [1.29, 1.82) is 0 Å². The van der Waals surface area contributed by atoms with Crippen molar-refractivity contribution in [2.45, 2.75) is 38.7 Å². The van der Waals surface area contributed by atoms with E-state index in [0.717, 1.165) is 31.2 Å². The molecule has 2 N–H and O–H groups in total. The molecule has 98 valence electrons. The van der Waals surface area contributed by atoms with Crippen LogP contribution < -0.4 is 5.73 Å². The van der Waals surface area contributed by atoms with Crippen molar-refractivity contribution in [2.24, 2.45) is 11.7 Å². The van der Waals surface area contributed by atoms with E-state index in [-0.39, 0.29) is 18.0 Å². The number of fused-ring (bicyclic) bond motifs is 1. The highest BCUT2D eigenvalue weighted by Crippen LogP contribution is 2.34. The van der Waals surface area contributed by atoms with Crippen LogP contribution in [-0.4, -0.2) is 12.5 Å². The fourth-order valence-corrected chi connectivity index (χ4v) is 2.56. The fourth-order valence-electron chi connectivity index (χ4n) is 2.56. The summed E-state index contributed by atoms with van der Waals surface area (Å²) < 4.78 is 5.62. The van der Waals surface area contributed by atoms with E-state index in [4.69, 9.17) is 10.5 Å². The van der Waals surface area contributed by atoms with Crippen LogP contribution in [0.5, 0.6) is 0 Å². The lowest BCUT2D eigenvalue weighted by Crippen LogP contribution is -2.26. The molecule has 18 heavy (non-hydrogen) atoms. The topological polar surface area (TPSA) is 52.3 Å². The van der Waals surface area contributed by atoms with Gasteiger partial charge in [0.15, 0.2) is 0 Å². The van der Waals surface area contributed by atoms with Crippen molar-refractivity contribution in [2.75, 3.05) is 6.54 Å². The first-order valence-electron chi connectivity index (χ1n) is 6.74. The predicted octanol–water partition coefficient (Wildman–Crippen LogP) is 2.59. The third-order valence-corrected chi connectivity index (χ3v) is 3.59. The second-order valence-electron chi connectivity index (χ2n) is 4.88. The van der Waals surface area contributed by atoms with Crippen molar-refractivity contribution < 1.29 is 9.53 Å². The first-order valence-corrected chi connectivity index (χ1v) is 6.74. The Balaban J connectivity index is 2.01. The van der Waals surface area contributed by atoms with Crippen molar-refractivity contribution >= 4 is 5.97 Å². The lowest BCUT2D eigenvalue weighted by atomic mass is 10.0. The summed E-state index contributed by atoms with van der Waals surface area (Å²) in [6.07, 6.45) is 3.59. The number of rotatable bonds is 5. The average molecular weight is 247 g/mol. The largest absolute Gasteiger partial charge is 0.457 e. The maximum Gasteiger partial charge on any atom is 0.310 e. The van der Waals surface area contributed by atoms with Gasteiger partial charge in [0.05, 0.1) is 5.92 Å². The van der Waals surface area contributed by atoms with Crippen molar-refractivity contribution in [3.8, 4) is 0 Å². The molecule has 0 radical (unpaired) electrons. The lowest BCUT2D eigenvalue weighted by molar-refractivity contribution is -0.154. The molecular weight excluding hydrogens is 226 g/mol. The van der Waals surface area contributed by atoms with Crippen LogP contribution in [0.15, 0.2) is 24.3 Å². The van der Waals surface area contributed by atoms with Gasteiger partial charge in [-0.05, 0) is 30.4 Å². The fraction of sp³-hybridized carbons (Fsp3) is 0.533. The van der Waals surface area contributed by atoms with Crippen LogP contribution >= 0.6 is 0 Å². The van der Waals surface area contributed by atoms with E-state index in [2.05, 4.69) is 19.1 Å². The van der Waals surface area contributed by atoms with Crippen LogP contribution in [0, 0.1) is 5.92 Å². The van der Waals surface area contributed by atoms with E-state index >= 15 is 0 Å². The summed E-state index contributed by atoms with van der Waals surface area (Å²) in [6.45, 7) is 2.43. The molecule has 1 aliphatic rings. The van der Waals surface area contributed by atoms with Crippen LogP contribution in [0.25, 0.3) is 0 Å². The number of hydrogen-bond donors (Lipinski definition) is 1. The molecule has 0 heterocycles. The second kappa shape index (κ2) is 6.01. The molecular formula is C15H21NO2. The summed E-state index contributed by atoms with van der Waals surface area (Å²) in [5, 5.41) is 0. The van der Waals surface area contributed by atoms with Gasteiger partial charge in [0.2, 0.25) is 0 Å². The molecule has 3 heteroatoms. The Labute approximate surface area is 108 Å². The summed E-state index contributed by atoms with van der Waals surface area (Å²) in [5.41, 5.74) is 8.09. The summed E-state index contributed by atoms with van der Waals surface area (Å²) in [7, 11) is 0. The number of hydrogen-bond acceptors (Lipinski definition) is 3. The zero-order chi connectivity index (χ0) is 13.0. The quantitative estimate of drug-likeness (QED) is 0.814. The number of esters is 1. The lowest BCUT2D eigenvalue weighted by Gasteiger charge is -2.18. The van der Waals surface area contributed by atoms with Gasteiger partial charge in [0.1, 0.15) is 6.10 Å². The number of nitrogens with two attached hydrogens (primary N) is 1. The summed E-state index contributed by atoms with van der Waals surface area (Å²) >= 11 is 0. The normalized spacial score (nSPS) is 19.3. The Morgan fingerprint density at radius 1 is 1.50 bits per heavy atom. The Morgan fingerprint density at radius 2 is 2.28 bits per heavy atom. The first-order chi connectivity index (χ1) is 8.76. The minimum atomic E-state index is -0.150. The summed E-state index contributed by atoms with van der Waals surface area (Å²) in [6, 6.07) is 8.19. The first kappa shape index (κ1) is 13.1. The van der Waals surface area contributed by atoms with Crippen molar-refractivity contribution in [1.82, 2.24) is 0 Å². The highest BCUT2D eigenvalue weighted by atomic mass is 16.5. The van der Waals surface area contributed by atoms with Crippen LogP contribution in [0.3, 0.4) is 0 Å². The van der Waals surface area contributed by atoms with Gasteiger partial charge >= 0.3 is 5.97 Å². The molecule has 0 fully saturated rings. The SMILES string of the molecule is CCCC(CN)C(=O)OC1CCc2ccccc21. The molecule has 0 spiro atoms. The molecule has 1 aliphatic carbocycles. The molecule has 0 amide bonds. The van der Waals surface area contributed by atoms with Crippen molar-refractivity contribution in [3.63, 3.8) is 0 Å². The Hall–Kier alpha value is -1.35. The third kappa shape index (κ3) is 2.72. The molecule has 2 rings (SSSR count). The monoisotopic (exact) mass is 247 g/mol. The highest BCUT2D eigenvalue weighted by molar-refractivity contribution is 5.73. The van der Waals surface area contributed by atoms with E-state index in [1.54, 1.807) is 0 Å². The van der Waals surface area contributed by atoms with Gasteiger partial charge in [0, 0.05) is 6.54 Å². The smallest absolute Gasteiger partial charge is 0.310 e. The second-order valence-corrected chi connectivity index (χ2v) is 4.88. The van der Waals surface area contributed by atoms with Gasteiger partial charge in [-0.3, -0.25) is 4.79 Å². The molecule has 0 saturated carbocycles. The number of carbonyl (C=O) groups is 1. The molecule has 1 aromatic carbocycles. The van der Waals surface area contributed by atoms with E-state index < -0.39 is 0 Å². The minimum absolute atomic E-state index is 0.0698. The van der Waals surface area contributed by atoms with Crippen LogP contribution in [-0.2, 0) is 16.0 Å². The molecule has 0 aliphatic heterocycles. The molecule has 1 aromatic rings. The predicted molar refractivity (Wildman–Crippen MR) is 71.0 cm³/mol. The molecule has 0 bridgehead atoms. The summed E-state index contributed by atoms with van der Waals surface area (Å²) in [4.78, 5) is 12.0. The standard InChI is InChI=1S/C15H21NO2/c1-2-5-12(10-16)15(17)18-14-9-8-11-6-3-4-7-13(11)14/h3-4,6-7,12,14H,2,5,8-10,16H2,1H3. The number of ether oxygens (including phenoxy) is 1. The average Bonchev–Trinajstić information content (AvgIpc) is 2.79. The van der Waals surface area contributed by atoms with Crippen LogP contribution in [0.1, 0.15) is 43.4 Å². The Bertz CT molecular complexity index is 417. The van der Waals surface area contributed by atoms with Gasteiger partial charge < -0.3 is 10.5 Å². The maximum absolute atomic E-state index is 12.0. The van der Waals surface area contributed by atoms with Gasteiger partial charge in [-0.2, -0.15) is 0 Å². The van der Waals surface area contributed by atoms with Gasteiger partial charge in [0.25, 0.3) is 0 Å². The highest BCUT2D eigenvalue weighted by Gasteiger charge is 2.27. The Morgan fingerprint density at radius 3 is 3.00 bits per heavy atom. The molecule has 0 saturated heterocycles.